The van der Waals surface area contributed by atoms with Crippen molar-refractivity contribution in [3.05, 3.63) is 70.6 Å². The first kappa shape index (κ1) is 21.7. The summed E-state index contributed by atoms with van der Waals surface area (Å²) >= 11 is 1.27. The van der Waals surface area contributed by atoms with Crippen LogP contribution in [0.4, 0.5) is 5.13 Å². The molecule has 0 saturated carbocycles. The number of benzene rings is 2. The molecule has 0 aliphatic heterocycles. The van der Waals surface area contributed by atoms with Crippen molar-refractivity contribution in [2.24, 2.45) is 0 Å². The maximum Gasteiger partial charge on any atom is 0.338 e. The molecule has 0 saturated heterocycles. The molecule has 0 aliphatic carbocycles. The van der Waals surface area contributed by atoms with E-state index in [9.17, 15) is 18.0 Å². The molecule has 3 aromatic rings. The standard InChI is InChI=1S/C21H20N2O5S2/c1-14-6-8-16(9-7-14)18-12-29-21(22-18)23-19(24)11-28-20(25)17-5-3-4-15(10-17)13-30(2,26)27/h3-10,12H,11,13H2,1-2H3,(H,22,23,24). The normalized spacial score (nSPS) is 11.1. The molecule has 1 N–H and O–H groups in total. The molecule has 0 radical (unpaired) electrons. The lowest BCUT2D eigenvalue weighted by atomic mass is 10.1. The minimum Gasteiger partial charge on any atom is -0.452 e. The van der Waals surface area contributed by atoms with Gasteiger partial charge in [-0.1, -0.05) is 42.0 Å². The zero-order chi connectivity index (χ0) is 21.7. The second-order valence-corrected chi connectivity index (χ2v) is 9.80. The van der Waals surface area contributed by atoms with Crippen LogP contribution in [0.3, 0.4) is 0 Å². The van der Waals surface area contributed by atoms with Crippen molar-refractivity contribution in [2.75, 3.05) is 18.2 Å². The first-order valence-corrected chi connectivity index (χ1v) is 11.9. The largest absolute Gasteiger partial charge is 0.452 e. The lowest BCUT2D eigenvalue weighted by molar-refractivity contribution is -0.119. The van der Waals surface area contributed by atoms with Crippen molar-refractivity contribution in [3.63, 3.8) is 0 Å². The van der Waals surface area contributed by atoms with Crippen molar-refractivity contribution in [3.8, 4) is 11.3 Å². The minimum atomic E-state index is -3.22. The number of carbonyl (C=O) groups excluding carboxylic acids is 2. The number of esters is 1. The van der Waals surface area contributed by atoms with E-state index in [1.165, 1.54) is 23.5 Å². The van der Waals surface area contributed by atoms with Crippen LogP contribution in [-0.4, -0.2) is 38.1 Å². The average molecular weight is 445 g/mol. The Balaban J connectivity index is 1.55. The Bertz CT molecular complexity index is 1170. The predicted molar refractivity (Wildman–Crippen MR) is 116 cm³/mol. The van der Waals surface area contributed by atoms with E-state index in [1.807, 2.05) is 36.6 Å². The molecule has 0 fully saturated rings. The SMILES string of the molecule is Cc1ccc(-c2csc(NC(=O)COC(=O)c3cccc(CS(C)(=O)=O)c3)n2)cc1. The van der Waals surface area contributed by atoms with Gasteiger partial charge in [0.25, 0.3) is 5.91 Å². The van der Waals surface area contributed by atoms with Crippen LogP contribution in [0.25, 0.3) is 11.3 Å². The molecule has 1 heterocycles. The van der Waals surface area contributed by atoms with E-state index in [0.717, 1.165) is 23.1 Å². The maximum atomic E-state index is 12.2. The van der Waals surface area contributed by atoms with Crippen LogP contribution in [-0.2, 0) is 25.1 Å². The summed E-state index contributed by atoms with van der Waals surface area (Å²) in [6, 6.07) is 14.0. The second kappa shape index (κ2) is 9.19. The highest BCUT2D eigenvalue weighted by Gasteiger charge is 2.14. The van der Waals surface area contributed by atoms with Gasteiger partial charge >= 0.3 is 5.97 Å². The van der Waals surface area contributed by atoms with Crippen LogP contribution < -0.4 is 5.32 Å². The fraction of sp³-hybridized carbons (Fsp3) is 0.190. The van der Waals surface area contributed by atoms with Gasteiger partial charge in [-0.2, -0.15) is 0 Å². The summed E-state index contributed by atoms with van der Waals surface area (Å²) in [5.74, 6) is -1.40. The van der Waals surface area contributed by atoms with Crippen molar-refractivity contribution in [1.82, 2.24) is 4.98 Å². The van der Waals surface area contributed by atoms with Crippen LogP contribution in [0.1, 0.15) is 21.5 Å². The lowest BCUT2D eigenvalue weighted by Gasteiger charge is -2.06. The molecule has 1 amide bonds. The number of nitrogens with one attached hydrogen (secondary N) is 1. The van der Waals surface area contributed by atoms with E-state index in [1.54, 1.807) is 12.1 Å². The van der Waals surface area contributed by atoms with Gasteiger partial charge in [-0.15, -0.1) is 11.3 Å². The molecule has 0 aliphatic rings. The topological polar surface area (TPSA) is 102 Å². The summed E-state index contributed by atoms with van der Waals surface area (Å²) in [4.78, 5) is 28.6. The maximum absolute atomic E-state index is 12.2. The highest BCUT2D eigenvalue weighted by molar-refractivity contribution is 7.89. The molecular formula is C21H20N2O5S2. The number of anilines is 1. The number of rotatable bonds is 7. The van der Waals surface area contributed by atoms with Crippen LogP contribution in [0.5, 0.6) is 0 Å². The van der Waals surface area contributed by atoms with Crippen molar-refractivity contribution in [2.45, 2.75) is 12.7 Å². The van der Waals surface area contributed by atoms with E-state index < -0.39 is 28.3 Å². The average Bonchev–Trinajstić information content (AvgIpc) is 3.14. The molecule has 0 atom stereocenters. The molecule has 9 heteroatoms. The van der Waals surface area contributed by atoms with Crippen molar-refractivity contribution in [1.29, 1.82) is 0 Å². The Labute approximate surface area is 178 Å². The van der Waals surface area contributed by atoms with Gasteiger partial charge in [0.15, 0.2) is 21.6 Å². The van der Waals surface area contributed by atoms with E-state index in [-0.39, 0.29) is 11.3 Å². The summed E-state index contributed by atoms with van der Waals surface area (Å²) in [6.07, 6.45) is 1.12. The summed E-state index contributed by atoms with van der Waals surface area (Å²) < 4.78 is 27.8. The Kier molecular flexibility index (Phi) is 6.63. The lowest BCUT2D eigenvalue weighted by Crippen LogP contribution is -2.21. The highest BCUT2D eigenvalue weighted by atomic mass is 32.2. The smallest absolute Gasteiger partial charge is 0.338 e. The molecule has 1 aromatic heterocycles. The zero-order valence-corrected chi connectivity index (χ0v) is 18.0. The quantitative estimate of drug-likeness (QED) is 0.560. The minimum absolute atomic E-state index is 0.179. The molecular weight excluding hydrogens is 424 g/mol. The first-order chi connectivity index (χ1) is 14.2. The number of hydrogen-bond acceptors (Lipinski definition) is 7. The van der Waals surface area contributed by atoms with Crippen LogP contribution in [0.2, 0.25) is 0 Å². The fourth-order valence-electron chi connectivity index (χ4n) is 2.65. The fourth-order valence-corrected chi connectivity index (χ4v) is 4.17. The van der Waals surface area contributed by atoms with Gasteiger partial charge in [0.1, 0.15) is 0 Å². The molecule has 0 spiro atoms. The Hall–Kier alpha value is -3.04. The summed E-state index contributed by atoms with van der Waals surface area (Å²) in [5.41, 5.74) is 3.49. The Morgan fingerprint density at radius 1 is 1.13 bits per heavy atom. The van der Waals surface area contributed by atoms with Crippen molar-refractivity contribution >= 4 is 38.2 Å². The van der Waals surface area contributed by atoms with Crippen LogP contribution in [0.15, 0.2) is 53.9 Å². The first-order valence-electron chi connectivity index (χ1n) is 8.96. The number of aryl methyl sites for hydroxylation is 1. The third-order valence-corrected chi connectivity index (χ3v) is 5.64. The number of amides is 1. The molecule has 156 valence electrons. The van der Waals surface area contributed by atoms with Gasteiger partial charge in [-0.3, -0.25) is 10.1 Å². The number of carbonyl (C=O) groups is 2. The van der Waals surface area contributed by atoms with Gasteiger partial charge in [-0.25, -0.2) is 18.2 Å². The molecule has 3 rings (SSSR count). The summed E-state index contributed by atoms with van der Waals surface area (Å²) in [5, 5.41) is 4.84. The zero-order valence-electron chi connectivity index (χ0n) is 16.4. The molecule has 2 aromatic carbocycles. The Morgan fingerprint density at radius 2 is 1.87 bits per heavy atom. The number of hydrogen-bond donors (Lipinski definition) is 1. The van der Waals surface area contributed by atoms with Crippen molar-refractivity contribution < 1.29 is 22.7 Å². The number of nitrogens with zero attached hydrogens (tertiary/aromatic N) is 1. The second-order valence-electron chi connectivity index (χ2n) is 6.80. The molecule has 7 nitrogen and oxygen atoms in total. The van der Waals surface area contributed by atoms with E-state index in [2.05, 4.69) is 10.3 Å². The van der Waals surface area contributed by atoms with Gasteiger partial charge in [0, 0.05) is 17.2 Å². The monoisotopic (exact) mass is 444 g/mol. The summed E-state index contributed by atoms with van der Waals surface area (Å²) in [7, 11) is -3.22. The van der Waals surface area contributed by atoms with E-state index >= 15 is 0 Å². The number of sulfone groups is 1. The van der Waals surface area contributed by atoms with Gasteiger partial charge < -0.3 is 4.74 Å². The molecule has 30 heavy (non-hydrogen) atoms. The molecule has 0 bridgehead atoms. The van der Waals surface area contributed by atoms with Gasteiger partial charge in [0.05, 0.1) is 17.0 Å². The van der Waals surface area contributed by atoms with E-state index in [0.29, 0.717) is 10.7 Å². The highest BCUT2D eigenvalue weighted by Crippen LogP contribution is 2.25. The van der Waals surface area contributed by atoms with Gasteiger partial charge in [0.2, 0.25) is 0 Å². The summed E-state index contributed by atoms with van der Waals surface area (Å²) in [6.45, 7) is 1.52. The third kappa shape index (κ3) is 6.23. The van der Waals surface area contributed by atoms with Crippen LogP contribution >= 0.6 is 11.3 Å². The number of thiazole rings is 1. The third-order valence-electron chi connectivity index (χ3n) is 4.02. The van der Waals surface area contributed by atoms with Gasteiger partial charge in [-0.05, 0) is 24.6 Å². The number of ether oxygens (including phenoxy) is 1. The Morgan fingerprint density at radius 3 is 2.57 bits per heavy atom. The molecule has 0 unspecified atom stereocenters. The number of aromatic nitrogens is 1. The van der Waals surface area contributed by atoms with Crippen LogP contribution in [0, 0.1) is 6.92 Å². The predicted octanol–water partition coefficient (Wildman–Crippen LogP) is 3.46. The van der Waals surface area contributed by atoms with E-state index in [4.69, 9.17) is 4.74 Å².